The molecule has 0 spiro atoms. The predicted molar refractivity (Wildman–Crippen MR) is 79.6 cm³/mol. The van der Waals surface area contributed by atoms with E-state index in [2.05, 4.69) is 42.7 Å². The fraction of sp³-hybridized carbons (Fsp3) is 0.562. The van der Waals surface area contributed by atoms with E-state index in [-0.39, 0.29) is 18.0 Å². The Balaban J connectivity index is 1.75. The second kappa shape index (κ2) is 7.41. The monoisotopic (exact) mass is 276 g/mol. The summed E-state index contributed by atoms with van der Waals surface area (Å²) in [6.07, 6.45) is 1.83. The molecule has 1 heterocycles. The Bertz CT molecular complexity index is 442. The van der Waals surface area contributed by atoms with Crippen LogP contribution < -0.4 is 10.6 Å². The molecule has 1 amide bonds. The Morgan fingerprint density at radius 3 is 2.85 bits per heavy atom. The molecule has 0 saturated carbocycles. The van der Waals surface area contributed by atoms with Crippen molar-refractivity contribution in [2.45, 2.75) is 38.8 Å². The quantitative estimate of drug-likeness (QED) is 0.864. The Hall–Kier alpha value is -1.39. The molecule has 0 aromatic heterocycles. The predicted octanol–water partition coefficient (Wildman–Crippen LogP) is 1.94. The number of hydrogen-bond donors (Lipinski definition) is 2. The van der Waals surface area contributed by atoms with Crippen LogP contribution in [0.15, 0.2) is 24.3 Å². The topological polar surface area (TPSA) is 50.4 Å². The Labute approximate surface area is 120 Å². The summed E-state index contributed by atoms with van der Waals surface area (Å²) in [7, 11) is 0. The van der Waals surface area contributed by atoms with Crippen LogP contribution in [0.5, 0.6) is 0 Å². The van der Waals surface area contributed by atoms with E-state index < -0.39 is 0 Å². The lowest BCUT2D eigenvalue weighted by atomic mass is 10.1. The Kier molecular flexibility index (Phi) is 5.56. The van der Waals surface area contributed by atoms with Crippen molar-refractivity contribution in [2.75, 3.05) is 19.8 Å². The van der Waals surface area contributed by atoms with Gasteiger partial charge < -0.3 is 15.4 Å². The molecule has 1 aliphatic rings. The first-order chi connectivity index (χ1) is 9.65. The lowest BCUT2D eigenvalue weighted by molar-refractivity contribution is -0.121. The third-order valence-corrected chi connectivity index (χ3v) is 3.70. The van der Waals surface area contributed by atoms with Gasteiger partial charge in [0.1, 0.15) is 0 Å². The molecule has 0 radical (unpaired) electrons. The molecule has 1 saturated heterocycles. The Morgan fingerprint density at radius 1 is 1.40 bits per heavy atom. The van der Waals surface area contributed by atoms with Crippen molar-refractivity contribution < 1.29 is 9.53 Å². The molecule has 1 fully saturated rings. The van der Waals surface area contributed by atoms with E-state index in [1.165, 1.54) is 11.1 Å². The zero-order chi connectivity index (χ0) is 14.4. The van der Waals surface area contributed by atoms with Crippen LogP contribution in [0.25, 0.3) is 0 Å². The summed E-state index contributed by atoms with van der Waals surface area (Å²) in [6, 6.07) is 8.80. The zero-order valence-electron chi connectivity index (χ0n) is 12.3. The van der Waals surface area contributed by atoms with Gasteiger partial charge in [-0.25, -0.2) is 0 Å². The highest BCUT2D eigenvalue weighted by Crippen LogP contribution is 2.13. The summed E-state index contributed by atoms with van der Waals surface area (Å²) in [5.74, 6) is 0.0661. The molecule has 1 aliphatic heterocycles. The normalized spacial score (nSPS) is 17.7. The van der Waals surface area contributed by atoms with Gasteiger partial charge in [0.2, 0.25) is 5.91 Å². The van der Waals surface area contributed by atoms with Gasteiger partial charge in [-0.3, -0.25) is 4.79 Å². The van der Waals surface area contributed by atoms with Crippen LogP contribution in [0.4, 0.5) is 0 Å². The summed E-state index contributed by atoms with van der Waals surface area (Å²) >= 11 is 0. The van der Waals surface area contributed by atoms with Gasteiger partial charge in [0.05, 0.1) is 6.54 Å². The van der Waals surface area contributed by atoms with Gasteiger partial charge in [-0.2, -0.15) is 0 Å². The van der Waals surface area contributed by atoms with Crippen molar-refractivity contribution in [1.29, 1.82) is 0 Å². The molecule has 1 atom stereocenters. The van der Waals surface area contributed by atoms with E-state index in [4.69, 9.17) is 4.74 Å². The van der Waals surface area contributed by atoms with Crippen molar-refractivity contribution in [3.8, 4) is 0 Å². The number of benzene rings is 1. The molecule has 1 aromatic carbocycles. The number of nitrogens with one attached hydrogen (secondary N) is 2. The number of hydrogen-bond acceptors (Lipinski definition) is 3. The second-order valence-electron chi connectivity index (χ2n) is 5.47. The number of ether oxygens (including phenoxy) is 1. The first-order valence-corrected chi connectivity index (χ1v) is 7.32. The smallest absolute Gasteiger partial charge is 0.234 e. The highest BCUT2D eigenvalue weighted by molar-refractivity contribution is 5.78. The largest absolute Gasteiger partial charge is 0.381 e. The fourth-order valence-electron chi connectivity index (χ4n) is 2.42. The van der Waals surface area contributed by atoms with Crippen LogP contribution in [-0.2, 0) is 9.53 Å². The fourth-order valence-corrected chi connectivity index (χ4v) is 2.42. The average molecular weight is 276 g/mol. The minimum Gasteiger partial charge on any atom is -0.381 e. The molecule has 0 aliphatic carbocycles. The van der Waals surface area contributed by atoms with E-state index in [1.54, 1.807) is 0 Å². The maximum absolute atomic E-state index is 11.9. The molecule has 110 valence electrons. The number of aryl methyl sites for hydroxylation is 1. The number of carbonyl (C=O) groups is 1. The van der Waals surface area contributed by atoms with Crippen molar-refractivity contribution in [1.82, 2.24) is 10.6 Å². The minimum atomic E-state index is 0.0661. The summed E-state index contributed by atoms with van der Waals surface area (Å²) in [4.78, 5) is 11.9. The lowest BCUT2D eigenvalue weighted by Crippen LogP contribution is -2.43. The number of carbonyl (C=O) groups excluding carboxylic acids is 1. The highest BCUT2D eigenvalue weighted by Gasteiger charge is 2.16. The van der Waals surface area contributed by atoms with Crippen LogP contribution in [0.1, 0.15) is 36.9 Å². The summed E-state index contributed by atoms with van der Waals surface area (Å²) in [6.45, 7) is 6.01. The zero-order valence-corrected chi connectivity index (χ0v) is 12.3. The molecule has 2 N–H and O–H groups in total. The molecule has 4 heteroatoms. The maximum Gasteiger partial charge on any atom is 0.234 e. The van der Waals surface area contributed by atoms with Gasteiger partial charge in [0, 0.05) is 25.3 Å². The van der Waals surface area contributed by atoms with E-state index in [9.17, 15) is 4.79 Å². The molecule has 20 heavy (non-hydrogen) atoms. The summed E-state index contributed by atoms with van der Waals surface area (Å²) < 4.78 is 5.28. The third kappa shape index (κ3) is 4.62. The van der Waals surface area contributed by atoms with Crippen molar-refractivity contribution in [3.05, 3.63) is 35.4 Å². The first kappa shape index (κ1) is 15.0. The highest BCUT2D eigenvalue weighted by atomic mass is 16.5. The molecule has 4 nitrogen and oxygen atoms in total. The van der Waals surface area contributed by atoms with Gasteiger partial charge in [-0.05, 0) is 32.3 Å². The van der Waals surface area contributed by atoms with E-state index in [1.807, 2.05) is 6.07 Å². The van der Waals surface area contributed by atoms with E-state index in [0.29, 0.717) is 6.54 Å². The Morgan fingerprint density at radius 2 is 2.15 bits per heavy atom. The second-order valence-corrected chi connectivity index (χ2v) is 5.47. The lowest BCUT2D eigenvalue weighted by Gasteiger charge is -2.23. The van der Waals surface area contributed by atoms with Crippen molar-refractivity contribution in [2.24, 2.45) is 0 Å². The van der Waals surface area contributed by atoms with Crippen LogP contribution in [0, 0.1) is 6.92 Å². The molecule has 1 aromatic rings. The molecule has 2 rings (SSSR count). The van der Waals surface area contributed by atoms with E-state index >= 15 is 0 Å². The summed E-state index contributed by atoms with van der Waals surface area (Å²) in [5, 5.41) is 6.33. The standard InChI is InChI=1S/C16H24N2O2/c1-12-4-3-5-14(10-12)13(2)17-11-16(19)18-15-6-8-20-9-7-15/h3-5,10,13,15,17H,6-9,11H2,1-2H3,(H,18,19)/t13-/m1/s1. The summed E-state index contributed by atoms with van der Waals surface area (Å²) in [5.41, 5.74) is 2.45. The minimum absolute atomic E-state index is 0.0661. The van der Waals surface area contributed by atoms with Crippen molar-refractivity contribution >= 4 is 5.91 Å². The van der Waals surface area contributed by atoms with Gasteiger partial charge in [0.25, 0.3) is 0 Å². The maximum atomic E-state index is 11.9. The molecule has 0 unspecified atom stereocenters. The van der Waals surface area contributed by atoms with Gasteiger partial charge in [0.15, 0.2) is 0 Å². The first-order valence-electron chi connectivity index (χ1n) is 7.32. The molecule has 0 bridgehead atoms. The van der Waals surface area contributed by atoms with Crippen LogP contribution in [0.2, 0.25) is 0 Å². The molecular formula is C16H24N2O2. The van der Waals surface area contributed by atoms with Gasteiger partial charge >= 0.3 is 0 Å². The SMILES string of the molecule is Cc1cccc([C@@H](C)NCC(=O)NC2CCOCC2)c1. The van der Waals surface area contributed by atoms with Crippen LogP contribution in [-0.4, -0.2) is 31.7 Å². The number of amides is 1. The molecular weight excluding hydrogens is 252 g/mol. The van der Waals surface area contributed by atoms with Crippen LogP contribution >= 0.6 is 0 Å². The number of rotatable bonds is 5. The van der Waals surface area contributed by atoms with Gasteiger partial charge in [-0.1, -0.05) is 29.8 Å². The van der Waals surface area contributed by atoms with Crippen molar-refractivity contribution in [3.63, 3.8) is 0 Å². The third-order valence-electron chi connectivity index (χ3n) is 3.70. The van der Waals surface area contributed by atoms with Crippen LogP contribution in [0.3, 0.4) is 0 Å². The van der Waals surface area contributed by atoms with E-state index in [0.717, 1.165) is 26.1 Å². The average Bonchev–Trinajstić information content (AvgIpc) is 2.46. The van der Waals surface area contributed by atoms with Gasteiger partial charge in [-0.15, -0.1) is 0 Å².